The zero-order valence-electron chi connectivity index (χ0n) is 25.6. The lowest BCUT2D eigenvalue weighted by Gasteiger charge is -2.34. The summed E-state index contributed by atoms with van der Waals surface area (Å²) in [6.45, 7) is 5.34. The second-order valence-corrected chi connectivity index (χ2v) is 13.1. The third-order valence-corrected chi connectivity index (χ3v) is 9.85. The average molecular weight is 606 g/mol. The van der Waals surface area contributed by atoms with Crippen molar-refractivity contribution in [1.82, 2.24) is 10.2 Å². The van der Waals surface area contributed by atoms with Gasteiger partial charge in [0, 0.05) is 12.6 Å². The van der Waals surface area contributed by atoms with Crippen LogP contribution in [0.15, 0.2) is 77.7 Å². The highest BCUT2D eigenvalue weighted by Gasteiger charge is 2.34. The molecule has 1 aliphatic carbocycles. The van der Waals surface area contributed by atoms with E-state index in [0.29, 0.717) is 17.9 Å². The van der Waals surface area contributed by atoms with Crippen LogP contribution in [-0.2, 0) is 26.2 Å². The summed E-state index contributed by atoms with van der Waals surface area (Å²) >= 11 is 0. The van der Waals surface area contributed by atoms with Crippen molar-refractivity contribution in [3.8, 4) is 5.75 Å². The summed E-state index contributed by atoms with van der Waals surface area (Å²) < 4.78 is 34.6. The first kappa shape index (κ1) is 32.1. The molecule has 0 spiro atoms. The molecule has 230 valence electrons. The van der Waals surface area contributed by atoms with Gasteiger partial charge in [0.1, 0.15) is 18.3 Å². The number of aryl methyl sites for hydroxylation is 2. The van der Waals surface area contributed by atoms with Gasteiger partial charge in [-0.25, -0.2) is 8.42 Å². The van der Waals surface area contributed by atoms with Crippen LogP contribution >= 0.6 is 0 Å². The quantitative estimate of drug-likeness (QED) is 0.283. The summed E-state index contributed by atoms with van der Waals surface area (Å²) in [7, 11) is -2.52. The first-order chi connectivity index (χ1) is 20.6. The number of carbonyl (C=O) groups excluding carboxylic acids is 2. The van der Waals surface area contributed by atoms with E-state index in [1.165, 1.54) is 21.3 Å². The number of nitrogens with zero attached hydrogens (tertiary/aromatic N) is 2. The van der Waals surface area contributed by atoms with Crippen LogP contribution in [0.3, 0.4) is 0 Å². The predicted octanol–water partition coefficient (Wildman–Crippen LogP) is 5.76. The zero-order chi connectivity index (χ0) is 31.0. The number of hydrogen-bond acceptors (Lipinski definition) is 5. The fourth-order valence-corrected chi connectivity index (χ4v) is 7.21. The van der Waals surface area contributed by atoms with Gasteiger partial charge in [-0.05, 0) is 74.6 Å². The smallest absolute Gasteiger partial charge is 0.264 e. The van der Waals surface area contributed by atoms with Crippen LogP contribution in [-0.4, -0.2) is 50.9 Å². The van der Waals surface area contributed by atoms with Gasteiger partial charge in [0.15, 0.2) is 0 Å². The van der Waals surface area contributed by atoms with Crippen LogP contribution in [0.1, 0.15) is 62.1 Å². The number of nitrogens with one attached hydrogen (secondary N) is 1. The molecule has 0 heterocycles. The highest BCUT2D eigenvalue weighted by Crippen LogP contribution is 2.28. The molecule has 1 N–H and O–H groups in total. The van der Waals surface area contributed by atoms with Crippen molar-refractivity contribution in [3.63, 3.8) is 0 Å². The fourth-order valence-electron chi connectivity index (χ4n) is 5.71. The van der Waals surface area contributed by atoms with Crippen molar-refractivity contribution in [2.75, 3.05) is 18.0 Å². The Morgan fingerprint density at radius 2 is 1.63 bits per heavy atom. The van der Waals surface area contributed by atoms with E-state index >= 15 is 0 Å². The molecule has 0 bridgehead atoms. The molecular formula is C34H43N3O5S. The Kier molecular flexibility index (Phi) is 10.9. The van der Waals surface area contributed by atoms with Gasteiger partial charge in [0.25, 0.3) is 10.0 Å². The van der Waals surface area contributed by atoms with Crippen molar-refractivity contribution >= 4 is 27.5 Å². The summed E-state index contributed by atoms with van der Waals surface area (Å²) in [5, 5.41) is 3.18. The van der Waals surface area contributed by atoms with E-state index in [4.69, 9.17) is 4.74 Å². The van der Waals surface area contributed by atoms with Crippen LogP contribution in [0.2, 0.25) is 0 Å². The molecule has 1 saturated carbocycles. The topological polar surface area (TPSA) is 96.0 Å². The van der Waals surface area contributed by atoms with Crippen LogP contribution in [0.5, 0.6) is 5.75 Å². The van der Waals surface area contributed by atoms with Crippen LogP contribution < -0.4 is 14.4 Å². The highest BCUT2D eigenvalue weighted by atomic mass is 32.2. The molecule has 1 fully saturated rings. The van der Waals surface area contributed by atoms with E-state index in [2.05, 4.69) is 5.32 Å². The molecule has 3 aromatic rings. The van der Waals surface area contributed by atoms with Gasteiger partial charge < -0.3 is 15.0 Å². The van der Waals surface area contributed by atoms with Gasteiger partial charge in [0.05, 0.1) is 17.7 Å². The predicted molar refractivity (Wildman–Crippen MR) is 170 cm³/mol. The SMILES string of the molecule is CCC(C(=O)NC1CCCCC1)N(Cc1ccc(OC)cc1)C(=O)CN(c1ccc(C)cc1C)S(=O)(=O)c1ccccc1. The first-order valence-electron chi connectivity index (χ1n) is 15.0. The molecule has 0 aliphatic heterocycles. The summed E-state index contributed by atoms with van der Waals surface area (Å²) in [5.41, 5.74) is 2.95. The molecule has 1 unspecified atom stereocenters. The fraction of sp³-hybridized carbons (Fsp3) is 0.412. The summed E-state index contributed by atoms with van der Waals surface area (Å²) in [5.74, 6) is 0.0138. The molecule has 1 atom stereocenters. The molecule has 0 radical (unpaired) electrons. The lowest BCUT2D eigenvalue weighted by molar-refractivity contribution is -0.140. The van der Waals surface area contributed by atoms with Crippen LogP contribution in [0.4, 0.5) is 5.69 Å². The third kappa shape index (κ3) is 7.96. The Hall–Kier alpha value is -3.85. The van der Waals surface area contributed by atoms with E-state index in [-0.39, 0.29) is 23.4 Å². The number of amides is 2. The van der Waals surface area contributed by atoms with Gasteiger partial charge in [-0.2, -0.15) is 0 Å². The first-order valence-corrected chi connectivity index (χ1v) is 16.5. The molecule has 0 saturated heterocycles. The van der Waals surface area contributed by atoms with E-state index in [0.717, 1.165) is 48.8 Å². The number of benzene rings is 3. The van der Waals surface area contributed by atoms with Gasteiger partial charge in [-0.3, -0.25) is 13.9 Å². The summed E-state index contributed by atoms with van der Waals surface area (Å²) in [6.07, 6.45) is 5.52. The number of carbonyl (C=O) groups is 2. The Morgan fingerprint density at radius 3 is 2.23 bits per heavy atom. The van der Waals surface area contributed by atoms with Crippen LogP contribution in [0.25, 0.3) is 0 Å². The lowest BCUT2D eigenvalue weighted by atomic mass is 9.95. The number of anilines is 1. The lowest BCUT2D eigenvalue weighted by Crippen LogP contribution is -2.54. The zero-order valence-corrected chi connectivity index (χ0v) is 26.4. The minimum Gasteiger partial charge on any atom is -0.497 e. The Labute approximate surface area is 256 Å². The van der Waals surface area contributed by atoms with E-state index < -0.39 is 28.5 Å². The highest BCUT2D eigenvalue weighted by molar-refractivity contribution is 7.92. The largest absolute Gasteiger partial charge is 0.497 e. The summed E-state index contributed by atoms with van der Waals surface area (Å²) in [6, 6.07) is 20.2. The maximum atomic E-state index is 14.3. The standard InChI is InChI=1S/C34H43N3O5S/c1-5-31(34(39)35-28-12-8-6-9-13-28)36(23-27-17-19-29(42-4)20-18-27)33(38)24-37(32-21-16-25(2)22-26(32)3)43(40,41)30-14-10-7-11-15-30/h7,10-11,14-22,28,31H,5-6,8-9,12-13,23-24H2,1-4H3,(H,35,39). The normalized spacial score (nSPS) is 14.5. The van der Waals surface area contributed by atoms with Crippen molar-refractivity contribution in [1.29, 1.82) is 0 Å². The minimum atomic E-state index is -4.11. The number of hydrogen-bond donors (Lipinski definition) is 1. The van der Waals surface area contributed by atoms with E-state index in [9.17, 15) is 18.0 Å². The maximum absolute atomic E-state index is 14.3. The maximum Gasteiger partial charge on any atom is 0.264 e. The third-order valence-electron chi connectivity index (χ3n) is 8.08. The molecule has 3 aromatic carbocycles. The molecule has 43 heavy (non-hydrogen) atoms. The molecule has 8 nitrogen and oxygen atoms in total. The molecular weight excluding hydrogens is 562 g/mol. The molecule has 2 amide bonds. The van der Waals surface area contributed by atoms with Crippen molar-refractivity contribution in [3.05, 3.63) is 89.5 Å². The van der Waals surface area contributed by atoms with Crippen LogP contribution in [0, 0.1) is 13.8 Å². The molecule has 0 aromatic heterocycles. The van der Waals surface area contributed by atoms with Crippen molar-refractivity contribution in [2.45, 2.75) is 82.8 Å². The number of sulfonamides is 1. The molecule has 9 heteroatoms. The second kappa shape index (κ2) is 14.6. The molecule has 4 rings (SSSR count). The van der Waals surface area contributed by atoms with Gasteiger partial charge >= 0.3 is 0 Å². The van der Waals surface area contributed by atoms with Crippen molar-refractivity contribution < 1.29 is 22.7 Å². The summed E-state index contributed by atoms with van der Waals surface area (Å²) in [4.78, 5) is 29.6. The Morgan fingerprint density at radius 1 is 0.953 bits per heavy atom. The van der Waals surface area contributed by atoms with E-state index in [1.54, 1.807) is 31.4 Å². The number of ether oxygens (including phenoxy) is 1. The monoisotopic (exact) mass is 605 g/mol. The van der Waals surface area contributed by atoms with Gasteiger partial charge in [0.2, 0.25) is 11.8 Å². The molecule has 1 aliphatic rings. The van der Waals surface area contributed by atoms with E-state index in [1.807, 2.05) is 57.2 Å². The minimum absolute atomic E-state index is 0.0819. The Balaban J connectivity index is 1.72. The van der Waals surface area contributed by atoms with Gasteiger partial charge in [-0.15, -0.1) is 0 Å². The van der Waals surface area contributed by atoms with Crippen molar-refractivity contribution in [2.24, 2.45) is 0 Å². The number of methoxy groups -OCH3 is 1. The second-order valence-electron chi connectivity index (χ2n) is 11.3. The average Bonchev–Trinajstić information content (AvgIpc) is 3.01. The number of rotatable bonds is 12. The Bertz CT molecular complexity index is 1490. The van der Waals surface area contributed by atoms with Gasteiger partial charge in [-0.1, -0.05) is 74.2 Å².